The summed E-state index contributed by atoms with van der Waals surface area (Å²) in [7, 11) is 0. The lowest BCUT2D eigenvalue weighted by molar-refractivity contribution is -0.260. The summed E-state index contributed by atoms with van der Waals surface area (Å²) in [6.45, 7) is 7.60. The van der Waals surface area contributed by atoms with Gasteiger partial charge in [0.05, 0.1) is 19.3 Å². The lowest BCUT2D eigenvalue weighted by Crippen LogP contribution is -2.65. The van der Waals surface area contributed by atoms with Crippen LogP contribution in [0.15, 0.2) is 24.3 Å². The number of rotatable bonds is 1. The van der Waals surface area contributed by atoms with Gasteiger partial charge >= 0.3 is 0 Å². The van der Waals surface area contributed by atoms with E-state index in [1.807, 2.05) is 6.07 Å². The lowest BCUT2D eigenvalue weighted by Gasteiger charge is -2.63. The molecule has 3 aliphatic rings. The molecule has 1 saturated carbocycles. The fourth-order valence-electron chi connectivity index (χ4n) is 5.29. The van der Waals surface area contributed by atoms with Crippen LogP contribution in [0.1, 0.15) is 38.9 Å². The summed E-state index contributed by atoms with van der Waals surface area (Å²) in [5.41, 5.74) is 0.862. The molecule has 0 aromatic heterocycles. The number of fused-ring (bicyclic) bond motifs is 3. The quantitative estimate of drug-likeness (QED) is 0.862. The highest BCUT2D eigenvalue weighted by Crippen LogP contribution is 2.63. The van der Waals surface area contributed by atoms with E-state index in [1.165, 1.54) is 5.56 Å². The van der Waals surface area contributed by atoms with E-state index in [4.69, 9.17) is 9.47 Å². The lowest BCUT2D eigenvalue weighted by atomic mass is 9.50. The van der Waals surface area contributed by atoms with Crippen LogP contribution in [0.2, 0.25) is 0 Å². The Hall–Kier alpha value is -1.06. The summed E-state index contributed by atoms with van der Waals surface area (Å²) in [5, 5.41) is 10.1. The second-order valence-corrected chi connectivity index (χ2v) is 7.50. The van der Waals surface area contributed by atoms with Gasteiger partial charge in [-0.15, -0.1) is 0 Å². The van der Waals surface area contributed by atoms with Gasteiger partial charge in [0.1, 0.15) is 11.4 Å². The molecule has 1 saturated heterocycles. The van der Waals surface area contributed by atoms with Crippen molar-refractivity contribution in [3.8, 4) is 5.75 Å². The molecule has 2 aliphatic heterocycles. The second kappa shape index (κ2) is 4.23. The molecule has 2 heterocycles. The molecule has 1 N–H and O–H groups in total. The van der Waals surface area contributed by atoms with E-state index < -0.39 is 0 Å². The van der Waals surface area contributed by atoms with Gasteiger partial charge in [-0.05, 0) is 31.2 Å². The normalized spacial score (nSPS) is 47.4. The molecule has 2 fully saturated rings. The van der Waals surface area contributed by atoms with Crippen LogP contribution in [0, 0.1) is 23.2 Å². The third-order valence-electron chi connectivity index (χ3n) is 6.56. The number of hydrogen-bond donors (Lipinski definition) is 1. The zero-order valence-corrected chi connectivity index (χ0v) is 13.0. The van der Waals surface area contributed by atoms with E-state index in [9.17, 15) is 5.11 Å². The maximum absolute atomic E-state index is 10.1. The van der Waals surface area contributed by atoms with Crippen LogP contribution in [0.3, 0.4) is 0 Å². The van der Waals surface area contributed by atoms with E-state index >= 15 is 0 Å². The zero-order chi connectivity index (χ0) is 14.8. The van der Waals surface area contributed by atoms with Crippen molar-refractivity contribution in [2.45, 2.75) is 38.9 Å². The number of aliphatic hydroxyl groups excluding tert-OH is 1. The second-order valence-electron chi connectivity index (χ2n) is 7.50. The van der Waals surface area contributed by atoms with Gasteiger partial charge in [-0.3, -0.25) is 0 Å². The maximum atomic E-state index is 10.1. The van der Waals surface area contributed by atoms with Crippen molar-refractivity contribution in [3.63, 3.8) is 0 Å². The van der Waals surface area contributed by atoms with Gasteiger partial charge in [0.15, 0.2) is 0 Å². The molecular weight excluding hydrogens is 264 g/mol. The molecule has 0 amide bonds. The average Bonchev–Trinajstić information content (AvgIpc) is 2.46. The summed E-state index contributed by atoms with van der Waals surface area (Å²) in [5.74, 6) is 2.07. The number of para-hydroxylation sites is 1. The van der Waals surface area contributed by atoms with Crippen molar-refractivity contribution in [2.75, 3.05) is 13.2 Å². The fourth-order valence-corrected chi connectivity index (χ4v) is 5.29. The monoisotopic (exact) mass is 288 g/mol. The minimum absolute atomic E-state index is 0.0992. The number of benzene rings is 1. The van der Waals surface area contributed by atoms with Crippen LogP contribution in [-0.2, 0) is 4.74 Å². The Morgan fingerprint density at radius 1 is 1.29 bits per heavy atom. The van der Waals surface area contributed by atoms with Crippen molar-refractivity contribution >= 4 is 0 Å². The SMILES string of the molecule is C[C@H]1C[C@@]2(C)Oc3ccccc3[C@@H]3OC[C@]1(CO)[C@@H](C)[C@H]32. The Bertz CT molecular complexity index is 571. The predicted molar refractivity (Wildman–Crippen MR) is 80.1 cm³/mol. The van der Waals surface area contributed by atoms with Crippen LogP contribution >= 0.6 is 0 Å². The molecule has 1 aromatic rings. The van der Waals surface area contributed by atoms with E-state index in [2.05, 4.69) is 39.0 Å². The van der Waals surface area contributed by atoms with Crippen LogP contribution in [-0.4, -0.2) is 23.9 Å². The first-order valence-electron chi connectivity index (χ1n) is 8.02. The summed E-state index contributed by atoms with van der Waals surface area (Å²) in [4.78, 5) is 0. The molecular formula is C18H24O3. The van der Waals surface area contributed by atoms with E-state index in [-0.39, 0.29) is 23.7 Å². The summed E-state index contributed by atoms with van der Waals surface area (Å²) in [6.07, 6.45) is 1.08. The standard InChI is InChI=1S/C18H24O3/c1-11-8-17(3)15-12(2)18(11,9-19)10-20-16(15)13-6-4-5-7-14(13)21-17/h4-7,11-12,15-16,19H,8-10H2,1-3H3/t11-,12-,15+,16-,17+,18-/m0/s1. The topological polar surface area (TPSA) is 38.7 Å². The van der Waals surface area contributed by atoms with Crippen LogP contribution in [0.4, 0.5) is 0 Å². The Labute approximate surface area is 126 Å². The highest BCUT2D eigenvalue weighted by Gasteiger charge is 2.64. The Balaban J connectivity index is 1.87. The molecule has 0 radical (unpaired) electrons. The molecule has 21 heavy (non-hydrogen) atoms. The fraction of sp³-hybridized carbons (Fsp3) is 0.667. The Kier molecular flexibility index (Phi) is 2.74. The zero-order valence-electron chi connectivity index (χ0n) is 13.0. The van der Waals surface area contributed by atoms with E-state index in [1.54, 1.807) is 0 Å². The molecule has 3 heteroatoms. The van der Waals surface area contributed by atoms with Gasteiger partial charge in [0.2, 0.25) is 0 Å². The average molecular weight is 288 g/mol. The molecule has 0 spiro atoms. The summed E-state index contributed by atoms with van der Waals surface area (Å²) < 4.78 is 12.7. The number of ether oxygens (including phenoxy) is 2. The maximum Gasteiger partial charge on any atom is 0.125 e. The van der Waals surface area contributed by atoms with Crippen LogP contribution in [0.25, 0.3) is 0 Å². The molecule has 6 atom stereocenters. The predicted octanol–water partition coefficient (Wildman–Crippen LogP) is 3.18. The van der Waals surface area contributed by atoms with Crippen molar-refractivity contribution in [3.05, 3.63) is 29.8 Å². The molecule has 4 rings (SSSR count). The highest BCUT2D eigenvalue weighted by molar-refractivity contribution is 5.40. The third kappa shape index (κ3) is 1.56. The Morgan fingerprint density at radius 3 is 2.81 bits per heavy atom. The number of aliphatic hydroxyl groups is 1. The molecule has 1 aliphatic carbocycles. The van der Waals surface area contributed by atoms with Gasteiger partial charge in [-0.1, -0.05) is 32.0 Å². The van der Waals surface area contributed by atoms with Gasteiger partial charge < -0.3 is 14.6 Å². The summed E-state index contributed by atoms with van der Waals surface area (Å²) in [6, 6.07) is 8.26. The van der Waals surface area contributed by atoms with E-state index in [0.717, 1.165) is 12.2 Å². The minimum atomic E-state index is -0.197. The van der Waals surface area contributed by atoms with Gasteiger partial charge in [0, 0.05) is 16.9 Å². The highest BCUT2D eigenvalue weighted by atomic mass is 16.5. The van der Waals surface area contributed by atoms with Crippen LogP contribution in [0.5, 0.6) is 5.75 Å². The first-order valence-corrected chi connectivity index (χ1v) is 8.02. The minimum Gasteiger partial charge on any atom is -0.487 e. The van der Waals surface area contributed by atoms with Gasteiger partial charge in [-0.2, -0.15) is 0 Å². The van der Waals surface area contributed by atoms with Gasteiger partial charge in [-0.25, -0.2) is 0 Å². The molecule has 0 unspecified atom stereocenters. The first kappa shape index (κ1) is 13.6. The summed E-state index contributed by atoms with van der Waals surface area (Å²) >= 11 is 0. The van der Waals surface area contributed by atoms with Crippen molar-refractivity contribution < 1.29 is 14.6 Å². The Morgan fingerprint density at radius 2 is 2.05 bits per heavy atom. The molecule has 1 aromatic carbocycles. The van der Waals surface area contributed by atoms with Crippen LogP contribution < -0.4 is 4.74 Å². The molecule has 114 valence electrons. The number of hydrogen-bond acceptors (Lipinski definition) is 3. The first-order chi connectivity index (χ1) is 10.0. The third-order valence-corrected chi connectivity index (χ3v) is 6.56. The van der Waals surface area contributed by atoms with Crippen molar-refractivity contribution in [1.82, 2.24) is 0 Å². The van der Waals surface area contributed by atoms with Crippen molar-refractivity contribution in [2.24, 2.45) is 23.2 Å². The van der Waals surface area contributed by atoms with E-state index in [0.29, 0.717) is 24.4 Å². The smallest absolute Gasteiger partial charge is 0.125 e. The largest absolute Gasteiger partial charge is 0.487 e. The molecule has 2 bridgehead atoms. The molecule has 3 nitrogen and oxygen atoms in total. The van der Waals surface area contributed by atoms with Gasteiger partial charge in [0.25, 0.3) is 0 Å². The van der Waals surface area contributed by atoms with Crippen molar-refractivity contribution in [1.29, 1.82) is 0 Å².